The number of benzene rings is 2. The van der Waals surface area contributed by atoms with Gasteiger partial charge in [0.2, 0.25) is 17.7 Å². The number of anilines is 4. The summed E-state index contributed by atoms with van der Waals surface area (Å²) in [6.45, 7) is 8.64. The molecule has 5 amide bonds. The molecule has 1 unspecified atom stereocenters. The van der Waals surface area contributed by atoms with Crippen molar-refractivity contribution in [2.24, 2.45) is 5.73 Å². The number of hydrogen-bond acceptors (Lipinski definition) is 14. The first-order chi connectivity index (χ1) is 30.6. The zero-order chi connectivity index (χ0) is 44.0. The van der Waals surface area contributed by atoms with E-state index >= 15 is 0 Å². The molecule has 1 atom stereocenters. The van der Waals surface area contributed by atoms with Crippen molar-refractivity contribution in [2.45, 2.75) is 89.4 Å². The van der Waals surface area contributed by atoms with Gasteiger partial charge in [-0.15, -0.1) is 0 Å². The molecule has 5 aliphatic heterocycles. The van der Waals surface area contributed by atoms with Gasteiger partial charge in [0.15, 0.2) is 17.3 Å². The van der Waals surface area contributed by atoms with Crippen molar-refractivity contribution in [3.8, 4) is 11.5 Å². The van der Waals surface area contributed by atoms with Crippen LogP contribution in [0.1, 0.15) is 90.4 Å². The molecule has 6 heterocycles. The third-order valence-electron chi connectivity index (χ3n) is 12.9. The zero-order valence-electron chi connectivity index (χ0n) is 36.2. The average Bonchev–Trinajstić information content (AvgIpc) is 3.64. The molecule has 5 aliphatic rings. The molecular weight excluding hydrogens is 809 g/mol. The number of fused-ring (bicyclic) bond motifs is 1. The van der Waals surface area contributed by atoms with Crippen molar-refractivity contribution in [1.29, 1.82) is 0 Å². The Balaban J connectivity index is 0.789. The summed E-state index contributed by atoms with van der Waals surface area (Å²) < 4.78 is 17.5. The summed E-state index contributed by atoms with van der Waals surface area (Å²) >= 11 is 0. The Morgan fingerprint density at radius 1 is 0.937 bits per heavy atom. The number of imide groups is 1. The molecule has 4 fully saturated rings. The molecule has 3 aromatic rings. The Morgan fingerprint density at radius 3 is 2.43 bits per heavy atom. The van der Waals surface area contributed by atoms with E-state index in [1.165, 1.54) is 4.90 Å². The minimum absolute atomic E-state index is 0.0835. The van der Waals surface area contributed by atoms with Gasteiger partial charge in [-0.05, 0) is 69.2 Å². The van der Waals surface area contributed by atoms with Gasteiger partial charge in [-0.1, -0.05) is 13.0 Å². The van der Waals surface area contributed by atoms with E-state index in [-0.39, 0.29) is 48.2 Å². The van der Waals surface area contributed by atoms with Crippen LogP contribution in [0.4, 0.5) is 23.0 Å². The number of nitrogens with zero attached hydrogens (tertiary/aromatic N) is 6. The molecule has 2 aromatic carbocycles. The highest BCUT2D eigenvalue weighted by Gasteiger charge is 2.40. The fraction of sp³-hybridized carbons (Fsp3) is 0.533. The number of nitrogens with two attached hydrogens (primary N) is 1. The summed E-state index contributed by atoms with van der Waals surface area (Å²) in [6.07, 6.45) is 5.68. The maximum Gasteiger partial charge on any atom is 0.271 e. The van der Waals surface area contributed by atoms with Gasteiger partial charge < -0.3 is 45.3 Å². The van der Waals surface area contributed by atoms with Crippen molar-refractivity contribution < 1.29 is 38.2 Å². The number of ether oxygens (including phenoxy) is 3. The van der Waals surface area contributed by atoms with E-state index in [2.05, 4.69) is 30.7 Å². The highest BCUT2D eigenvalue weighted by molar-refractivity contribution is 6.05. The maximum absolute atomic E-state index is 13.2. The largest absolute Gasteiger partial charge is 0.495 e. The Labute approximate surface area is 367 Å². The van der Waals surface area contributed by atoms with Crippen molar-refractivity contribution in [1.82, 2.24) is 30.0 Å². The SMILES string of the molecule is CCc1nc(C(N)=O)c(Nc2ccc(N3CCC(N4CCN(C(=O)CCCOc5cccc6c5CN(C5CCC(=O)NC5=O)C6=O)CC4)CC3)c(OC)c2)nc1NC1CCOCC1. The molecule has 1 aromatic heterocycles. The van der Waals surface area contributed by atoms with Crippen LogP contribution in [0.3, 0.4) is 0 Å². The highest BCUT2D eigenvalue weighted by Crippen LogP contribution is 2.36. The van der Waals surface area contributed by atoms with Crippen molar-refractivity contribution in [2.75, 3.05) is 81.7 Å². The number of primary amides is 1. The summed E-state index contributed by atoms with van der Waals surface area (Å²) in [5.41, 5.74) is 9.45. The first-order valence-corrected chi connectivity index (χ1v) is 22.3. The molecule has 8 rings (SSSR count). The minimum Gasteiger partial charge on any atom is -0.495 e. The average molecular weight is 867 g/mol. The minimum atomic E-state index is -0.689. The number of aromatic nitrogens is 2. The number of piperazine rings is 1. The first kappa shape index (κ1) is 43.6. The summed E-state index contributed by atoms with van der Waals surface area (Å²) in [5, 5.41) is 9.13. The Hall–Kier alpha value is -6.01. The molecule has 63 heavy (non-hydrogen) atoms. The van der Waals surface area contributed by atoms with E-state index < -0.39 is 17.9 Å². The Kier molecular flexibility index (Phi) is 13.6. The van der Waals surface area contributed by atoms with Gasteiger partial charge in [-0.2, -0.15) is 0 Å². The molecule has 18 nitrogen and oxygen atoms in total. The fourth-order valence-electron chi connectivity index (χ4n) is 9.34. The first-order valence-electron chi connectivity index (χ1n) is 22.3. The van der Waals surface area contributed by atoms with Gasteiger partial charge in [0.25, 0.3) is 11.8 Å². The van der Waals surface area contributed by atoms with Crippen molar-refractivity contribution in [3.05, 3.63) is 58.9 Å². The van der Waals surface area contributed by atoms with Gasteiger partial charge in [0, 0.05) is 100 Å². The molecule has 18 heteroatoms. The van der Waals surface area contributed by atoms with E-state index in [4.69, 9.17) is 24.9 Å². The van der Waals surface area contributed by atoms with E-state index in [1.54, 1.807) is 19.2 Å². The number of hydrogen-bond donors (Lipinski definition) is 4. The van der Waals surface area contributed by atoms with E-state index in [9.17, 15) is 24.0 Å². The predicted octanol–water partition coefficient (Wildman–Crippen LogP) is 3.21. The summed E-state index contributed by atoms with van der Waals surface area (Å²) in [6, 6.07) is 11.1. The van der Waals surface area contributed by atoms with Crippen molar-refractivity contribution >= 4 is 52.5 Å². The van der Waals surface area contributed by atoms with Crippen LogP contribution in [0.25, 0.3) is 0 Å². The molecule has 0 radical (unpaired) electrons. The second-order valence-corrected chi connectivity index (χ2v) is 16.7. The van der Waals surface area contributed by atoms with Crippen LogP contribution in [0, 0.1) is 0 Å². The smallest absolute Gasteiger partial charge is 0.271 e. The van der Waals surface area contributed by atoms with Crippen LogP contribution in [0.5, 0.6) is 11.5 Å². The van der Waals surface area contributed by atoms with Crippen LogP contribution in [-0.4, -0.2) is 139 Å². The van der Waals surface area contributed by atoms with Crippen LogP contribution < -0.4 is 36.1 Å². The second kappa shape index (κ2) is 19.6. The standard InChI is InChI=1S/C45H58N10O8/c1-3-33-42(47-28-15-24-62-25-16-28)51-43(40(49-33)41(46)58)48-29-9-10-34(37(26-29)61-2)53-17-13-30(14-18-53)52-19-21-54(22-20-52)39(57)8-5-23-63-36-7-4-6-31-32(36)27-55(45(31)60)35-11-12-38(56)50-44(35)59/h4,6-7,9-10,26,28,30,35H,3,5,8,11-25,27H2,1-2H3,(H2,46,58)(H2,47,48,51)(H,50,56,59). The summed E-state index contributed by atoms with van der Waals surface area (Å²) in [5.74, 6) is 0.637. The van der Waals surface area contributed by atoms with E-state index in [0.29, 0.717) is 98.9 Å². The van der Waals surface area contributed by atoms with E-state index in [1.807, 2.05) is 36.1 Å². The molecule has 0 aliphatic carbocycles. The van der Waals surface area contributed by atoms with Gasteiger partial charge in [0.1, 0.15) is 17.5 Å². The molecule has 336 valence electrons. The predicted molar refractivity (Wildman–Crippen MR) is 234 cm³/mol. The number of aryl methyl sites for hydroxylation is 1. The van der Waals surface area contributed by atoms with E-state index in [0.717, 1.165) is 63.1 Å². The van der Waals surface area contributed by atoms with Gasteiger partial charge >= 0.3 is 0 Å². The quantitative estimate of drug-likeness (QED) is 0.128. The number of nitrogens with one attached hydrogen (secondary N) is 3. The normalized spacial score (nSPS) is 20.1. The van der Waals surface area contributed by atoms with Crippen molar-refractivity contribution in [3.63, 3.8) is 0 Å². The van der Waals surface area contributed by atoms with Gasteiger partial charge in [-0.3, -0.25) is 34.2 Å². The third kappa shape index (κ3) is 9.81. The fourth-order valence-corrected chi connectivity index (χ4v) is 9.34. The second-order valence-electron chi connectivity index (χ2n) is 16.7. The lowest BCUT2D eigenvalue weighted by atomic mass is 10.0. The third-order valence-corrected chi connectivity index (χ3v) is 12.9. The monoisotopic (exact) mass is 866 g/mol. The number of piperidine rings is 2. The summed E-state index contributed by atoms with van der Waals surface area (Å²) in [7, 11) is 1.65. The number of amides is 5. The highest BCUT2D eigenvalue weighted by atomic mass is 16.5. The summed E-state index contributed by atoms with van der Waals surface area (Å²) in [4.78, 5) is 80.7. The van der Waals surface area contributed by atoms with Gasteiger partial charge in [0.05, 0.1) is 31.6 Å². The van der Waals surface area contributed by atoms with Crippen LogP contribution >= 0.6 is 0 Å². The Morgan fingerprint density at radius 2 is 1.71 bits per heavy atom. The lowest BCUT2D eigenvalue weighted by Gasteiger charge is -2.43. The number of methoxy groups -OCH3 is 1. The Bertz CT molecular complexity index is 2200. The molecular formula is C45H58N10O8. The molecule has 0 spiro atoms. The molecule has 4 saturated heterocycles. The lowest BCUT2D eigenvalue weighted by molar-refractivity contribution is -0.137. The molecule has 0 saturated carbocycles. The van der Waals surface area contributed by atoms with Crippen LogP contribution in [0.15, 0.2) is 36.4 Å². The van der Waals surface area contributed by atoms with Gasteiger partial charge in [-0.25, -0.2) is 9.97 Å². The topological polar surface area (TPSA) is 214 Å². The number of carbonyl (C=O) groups excluding carboxylic acids is 5. The number of carbonyl (C=O) groups is 5. The molecule has 5 N–H and O–H groups in total. The van der Waals surface area contributed by atoms with Crippen LogP contribution in [0.2, 0.25) is 0 Å². The number of rotatable bonds is 15. The maximum atomic E-state index is 13.2. The molecule has 0 bridgehead atoms. The van der Waals surface area contributed by atoms with Crippen LogP contribution in [-0.2, 0) is 32.1 Å². The lowest BCUT2D eigenvalue weighted by Crippen LogP contribution is -2.54. The zero-order valence-corrected chi connectivity index (χ0v) is 36.2.